The molecule has 0 bridgehead atoms. The first kappa shape index (κ1) is 17.8. The predicted molar refractivity (Wildman–Crippen MR) is 106 cm³/mol. The van der Waals surface area contributed by atoms with Gasteiger partial charge in [-0.25, -0.2) is 9.97 Å². The van der Waals surface area contributed by atoms with Crippen LogP contribution in [0.1, 0.15) is 35.8 Å². The Balaban J connectivity index is 1.40. The molecule has 0 saturated carbocycles. The third kappa shape index (κ3) is 3.88. The van der Waals surface area contributed by atoms with Crippen molar-refractivity contribution in [2.45, 2.75) is 19.8 Å². The standard InChI is InChI=1S/C21H20N4O3/c1-13(2)14-3-5-15(6-4-14)24-20-11-22-17(10-23-20)21(26)25-16-7-8-18-19(9-16)28-12-27-18/h3-11,13H,12H2,1-2H3,(H,23,24)(H,25,26). The van der Waals surface area contributed by atoms with E-state index < -0.39 is 0 Å². The number of anilines is 3. The van der Waals surface area contributed by atoms with Crippen LogP contribution in [0.2, 0.25) is 0 Å². The van der Waals surface area contributed by atoms with Crippen LogP contribution < -0.4 is 20.1 Å². The highest BCUT2D eigenvalue weighted by Crippen LogP contribution is 2.34. The van der Waals surface area contributed by atoms with Crippen LogP contribution in [0.3, 0.4) is 0 Å². The van der Waals surface area contributed by atoms with Gasteiger partial charge in [-0.05, 0) is 35.7 Å². The van der Waals surface area contributed by atoms with Crippen molar-refractivity contribution >= 4 is 23.1 Å². The topological polar surface area (TPSA) is 85.4 Å². The Morgan fingerprint density at radius 2 is 1.71 bits per heavy atom. The van der Waals surface area contributed by atoms with E-state index in [4.69, 9.17) is 9.47 Å². The van der Waals surface area contributed by atoms with Gasteiger partial charge in [0.05, 0.1) is 12.4 Å². The van der Waals surface area contributed by atoms with Gasteiger partial charge in [-0.1, -0.05) is 26.0 Å². The molecule has 0 fully saturated rings. The zero-order valence-corrected chi connectivity index (χ0v) is 15.6. The highest BCUT2D eigenvalue weighted by atomic mass is 16.7. The Bertz CT molecular complexity index is 986. The lowest BCUT2D eigenvalue weighted by atomic mass is 10.0. The summed E-state index contributed by atoms with van der Waals surface area (Å²) in [6.07, 6.45) is 2.97. The fourth-order valence-corrected chi connectivity index (χ4v) is 2.78. The first-order valence-corrected chi connectivity index (χ1v) is 8.98. The van der Waals surface area contributed by atoms with Crippen LogP contribution >= 0.6 is 0 Å². The molecule has 2 aromatic carbocycles. The second kappa shape index (κ2) is 7.56. The summed E-state index contributed by atoms with van der Waals surface area (Å²) in [6.45, 7) is 4.50. The van der Waals surface area contributed by atoms with Crippen LogP contribution in [0.5, 0.6) is 11.5 Å². The van der Waals surface area contributed by atoms with Crippen molar-refractivity contribution in [2.75, 3.05) is 17.4 Å². The third-order valence-corrected chi connectivity index (χ3v) is 4.36. The molecule has 3 aromatic rings. The van der Waals surface area contributed by atoms with Crippen molar-refractivity contribution in [1.29, 1.82) is 0 Å². The molecule has 1 aliphatic heterocycles. The van der Waals surface area contributed by atoms with Gasteiger partial charge >= 0.3 is 0 Å². The van der Waals surface area contributed by atoms with Crippen molar-refractivity contribution in [2.24, 2.45) is 0 Å². The Morgan fingerprint density at radius 3 is 2.43 bits per heavy atom. The van der Waals surface area contributed by atoms with Gasteiger partial charge in [0.25, 0.3) is 5.91 Å². The summed E-state index contributed by atoms with van der Waals surface area (Å²) >= 11 is 0. The van der Waals surface area contributed by atoms with E-state index in [0.29, 0.717) is 28.9 Å². The number of ether oxygens (including phenoxy) is 2. The van der Waals surface area contributed by atoms with Crippen LogP contribution in [0.15, 0.2) is 54.9 Å². The quantitative estimate of drug-likeness (QED) is 0.690. The normalized spacial score (nSPS) is 12.1. The van der Waals surface area contributed by atoms with Crippen LogP contribution in [0, 0.1) is 0 Å². The monoisotopic (exact) mass is 376 g/mol. The molecule has 0 unspecified atom stereocenters. The van der Waals surface area contributed by atoms with Crippen molar-refractivity contribution < 1.29 is 14.3 Å². The van der Waals surface area contributed by atoms with Crippen molar-refractivity contribution in [3.05, 3.63) is 66.1 Å². The van der Waals surface area contributed by atoms with E-state index in [9.17, 15) is 4.79 Å². The van der Waals surface area contributed by atoms with E-state index in [2.05, 4.69) is 46.6 Å². The van der Waals surface area contributed by atoms with Crippen LogP contribution in [-0.2, 0) is 0 Å². The molecule has 1 aliphatic rings. The van der Waals surface area contributed by atoms with Gasteiger partial charge < -0.3 is 20.1 Å². The molecule has 2 heterocycles. The van der Waals surface area contributed by atoms with Gasteiger partial charge in [-0.2, -0.15) is 0 Å². The Hall–Kier alpha value is -3.61. The molecule has 0 radical (unpaired) electrons. The number of fused-ring (bicyclic) bond motifs is 1. The fourth-order valence-electron chi connectivity index (χ4n) is 2.78. The van der Waals surface area contributed by atoms with E-state index in [1.165, 1.54) is 18.0 Å². The Labute approximate surface area is 162 Å². The summed E-state index contributed by atoms with van der Waals surface area (Å²) in [4.78, 5) is 20.8. The Morgan fingerprint density at radius 1 is 0.964 bits per heavy atom. The van der Waals surface area contributed by atoms with Gasteiger partial charge in [0.2, 0.25) is 6.79 Å². The number of benzene rings is 2. The van der Waals surface area contributed by atoms with Crippen molar-refractivity contribution in [3.63, 3.8) is 0 Å². The zero-order valence-electron chi connectivity index (χ0n) is 15.6. The molecule has 7 nitrogen and oxygen atoms in total. The molecule has 1 amide bonds. The number of hydrogen-bond donors (Lipinski definition) is 2. The Kier molecular flexibility index (Phi) is 4.80. The molecule has 4 rings (SSSR count). The summed E-state index contributed by atoms with van der Waals surface area (Å²) in [5.74, 6) is 1.97. The molecule has 0 saturated heterocycles. The molecule has 0 aliphatic carbocycles. The molecule has 1 aromatic heterocycles. The van der Waals surface area contributed by atoms with E-state index in [0.717, 1.165) is 5.69 Å². The lowest BCUT2D eigenvalue weighted by Crippen LogP contribution is -2.14. The van der Waals surface area contributed by atoms with Crippen LogP contribution in [0.4, 0.5) is 17.2 Å². The number of rotatable bonds is 5. The van der Waals surface area contributed by atoms with Gasteiger partial charge in [0, 0.05) is 17.4 Å². The first-order valence-electron chi connectivity index (χ1n) is 8.98. The molecule has 28 heavy (non-hydrogen) atoms. The first-order chi connectivity index (χ1) is 13.6. The highest BCUT2D eigenvalue weighted by Gasteiger charge is 2.15. The molecule has 0 atom stereocenters. The number of amides is 1. The van der Waals surface area contributed by atoms with Crippen molar-refractivity contribution in [3.8, 4) is 11.5 Å². The number of nitrogens with zero attached hydrogens (tertiary/aromatic N) is 2. The molecular weight excluding hydrogens is 356 g/mol. The second-order valence-corrected chi connectivity index (χ2v) is 6.71. The molecular formula is C21H20N4O3. The maximum absolute atomic E-state index is 12.4. The number of carbonyl (C=O) groups excluding carboxylic acids is 1. The zero-order chi connectivity index (χ0) is 19.5. The van der Waals surface area contributed by atoms with Gasteiger partial charge in [-0.3, -0.25) is 4.79 Å². The van der Waals surface area contributed by atoms with Gasteiger partial charge in [0.1, 0.15) is 11.5 Å². The summed E-state index contributed by atoms with van der Waals surface area (Å²) in [6, 6.07) is 13.4. The summed E-state index contributed by atoms with van der Waals surface area (Å²) in [5.41, 5.74) is 3.00. The number of aromatic nitrogens is 2. The summed E-state index contributed by atoms with van der Waals surface area (Å²) in [5, 5.41) is 5.95. The van der Waals surface area contributed by atoms with E-state index >= 15 is 0 Å². The SMILES string of the molecule is CC(C)c1ccc(Nc2cnc(C(=O)Nc3ccc4c(c3)OCO4)cn2)cc1. The maximum Gasteiger partial charge on any atom is 0.275 e. The lowest BCUT2D eigenvalue weighted by molar-refractivity contribution is 0.102. The minimum Gasteiger partial charge on any atom is -0.454 e. The minimum atomic E-state index is -0.348. The van der Waals surface area contributed by atoms with E-state index in [1.54, 1.807) is 18.2 Å². The third-order valence-electron chi connectivity index (χ3n) is 4.36. The predicted octanol–water partition coefficient (Wildman–Crippen LogP) is 4.32. The van der Waals surface area contributed by atoms with Crippen LogP contribution in [-0.4, -0.2) is 22.7 Å². The minimum absolute atomic E-state index is 0.187. The largest absolute Gasteiger partial charge is 0.454 e. The molecule has 2 N–H and O–H groups in total. The number of nitrogens with one attached hydrogen (secondary N) is 2. The molecule has 142 valence electrons. The number of hydrogen-bond acceptors (Lipinski definition) is 6. The van der Waals surface area contributed by atoms with E-state index in [-0.39, 0.29) is 18.4 Å². The fraction of sp³-hybridized carbons (Fsp3) is 0.190. The highest BCUT2D eigenvalue weighted by molar-refractivity contribution is 6.02. The van der Waals surface area contributed by atoms with Crippen molar-refractivity contribution in [1.82, 2.24) is 9.97 Å². The lowest BCUT2D eigenvalue weighted by Gasteiger charge is -2.09. The number of carbonyl (C=O) groups is 1. The average Bonchev–Trinajstić information content (AvgIpc) is 3.17. The average molecular weight is 376 g/mol. The molecule has 0 spiro atoms. The second-order valence-electron chi connectivity index (χ2n) is 6.71. The maximum atomic E-state index is 12.4. The van der Waals surface area contributed by atoms with E-state index in [1.807, 2.05) is 12.1 Å². The smallest absolute Gasteiger partial charge is 0.275 e. The summed E-state index contributed by atoms with van der Waals surface area (Å²) in [7, 11) is 0. The van der Waals surface area contributed by atoms with Gasteiger partial charge in [-0.15, -0.1) is 0 Å². The summed E-state index contributed by atoms with van der Waals surface area (Å²) < 4.78 is 10.6. The van der Waals surface area contributed by atoms with Gasteiger partial charge in [0.15, 0.2) is 11.5 Å². The van der Waals surface area contributed by atoms with Crippen LogP contribution in [0.25, 0.3) is 0 Å². The molecule has 7 heteroatoms.